The third-order valence-electron chi connectivity index (χ3n) is 7.35. The second-order valence-electron chi connectivity index (χ2n) is 9.73. The number of piperidine rings is 1. The van der Waals surface area contributed by atoms with Crippen LogP contribution in [0.25, 0.3) is 0 Å². The average molecular weight is 504 g/mol. The van der Waals surface area contributed by atoms with Crippen LogP contribution in [0.4, 0.5) is 4.39 Å². The Morgan fingerprint density at radius 2 is 1.89 bits per heavy atom. The number of thiol groups is 1. The van der Waals surface area contributed by atoms with Crippen LogP contribution in [0, 0.1) is 11.7 Å². The number of hydrogen-bond acceptors (Lipinski definition) is 6. The molecule has 3 atom stereocenters. The number of carboxylic acids is 1. The summed E-state index contributed by atoms with van der Waals surface area (Å²) in [6.07, 6.45) is 4.92. The summed E-state index contributed by atoms with van der Waals surface area (Å²) in [5.41, 5.74) is 1.45. The van der Waals surface area contributed by atoms with Crippen LogP contribution in [0.2, 0.25) is 0 Å². The number of Topliss-reactive ketones (excluding diaryl/α,β-unsaturated/α-hetero) is 1. The number of benzene rings is 1. The zero-order valence-electron chi connectivity index (χ0n) is 20.1. The first-order valence-electron chi connectivity index (χ1n) is 12.4. The van der Waals surface area contributed by atoms with Crippen molar-refractivity contribution in [3.05, 3.63) is 47.3 Å². The van der Waals surface area contributed by atoms with Gasteiger partial charge in [-0.25, -0.2) is 4.39 Å². The van der Waals surface area contributed by atoms with Gasteiger partial charge in [0.25, 0.3) is 0 Å². The number of carbonyl (C=O) groups excluding carboxylic acids is 2. The average Bonchev–Trinajstić information content (AvgIpc) is 3.67. The molecule has 35 heavy (non-hydrogen) atoms. The van der Waals surface area contributed by atoms with Gasteiger partial charge in [0.15, 0.2) is 5.78 Å². The predicted octanol–water partition coefficient (Wildman–Crippen LogP) is 2.78. The number of ketones is 1. The lowest BCUT2D eigenvalue weighted by atomic mass is 9.93. The molecule has 3 aliphatic rings. The maximum Gasteiger partial charge on any atom is 0.320 e. The van der Waals surface area contributed by atoms with Crippen LogP contribution in [0.5, 0.6) is 0 Å². The molecule has 190 valence electrons. The smallest absolute Gasteiger partial charge is 0.320 e. The number of amides is 1. The number of likely N-dealkylation sites (tertiary alicyclic amines) is 1. The van der Waals surface area contributed by atoms with E-state index in [0.717, 1.165) is 24.8 Å². The van der Waals surface area contributed by atoms with Crippen LogP contribution < -0.4 is 0 Å². The minimum absolute atomic E-state index is 0.00688. The number of carbonyl (C=O) groups is 3. The first kappa shape index (κ1) is 25.9. The highest BCUT2D eigenvalue weighted by Crippen LogP contribution is 2.39. The summed E-state index contributed by atoms with van der Waals surface area (Å²) in [5, 5.41) is 9.40. The highest BCUT2D eigenvalue weighted by molar-refractivity contribution is 7.81. The molecule has 7 nitrogen and oxygen atoms in total. The van der Waals surface area contributed by atoms with Gasteiger partial charge in [0.2, 0.25) is 5.91 Å². The highest BCUT2D eigenvalue weighted by atomic mass is 32.1. The minimum Gasteiger partial charge on any atom is -0.480 e. The maximum atomic E-state index is 14.7. The molecule has 3 unspecified atom stereocenters. The van der Waals surface area contributed by atoms with Gasteiger partial charge in [-0.3, -0.25) is 24.2 Å². The van der Waals surface area contributed by atoms with Crippen LogP contribution in [0.1, 0.15) is 44.2 Å². The molecule has 0 spiro atoms. The summed E-state index contributed by atoms with van der Waals surface area (Å²) in [6, 6.07) is 5.26. The van der Waals surface area contributed by atoms with Gasteiger partial charge in [0.05, 0.1) is 12.6 Å². The van der Waals surface area contributed by atoms with E-state index in [1.54, 1.807) is 28.0 Å². The Hall–Kier alpha value is -2.23. The third kappa shape index (κ3) is 5.95. The summed E-state index contributed by atoms with van der Waals surface area (Å²) in [6.45, 7) is 4.44. The molecule has 1 saturated carbocycles. The van der Waals surface area contributed by atoms with Crippen molar-refractivity contribution in [3.8, 4) is 0 Å². The zero-order valence-corrected chi connectivity index (χ0v) is 21.0. The lowest BCUT2D eigenvalue weighted by molar-refractivity contribution is -0.147. The van der Waals surface area contributed by atoms with E-state index >= 15 is 0 Å². The van der Waals surface area contributed by atoms with Crippen LogP contribution in [0.15, 0.2) is 35.9 Å². The van der Waals surface area contributed by atoms with Gasteiger partial charge >= 0.3 is 5.97 Å². The molecule has 1 aromatic rings. The monoisotopic (exact) mass is 503 g/mol. The number of hydrogen-bond donors (Lipinski definition) is 2. The molecular formula is C26H34FN3O4S. The second-order valence-corrected chi connectivity index (χ2v) is 10.4. The molecule has 1 aliphatic carbocycles. The Morgan fingerprint density at radius 1 is 1.14 bits per heavy atom. The number of carboxylic acid groups (broad SMARTS) is 1. The Kier molecular flexibility index (Phi) is 8.29. The SMILES string of the molecule is CCC(C(=O)O)N1CCN(CC=C2CN(C(C(=O)C3CC3)c3ccccc3F)CCC2S)C(=O)C1. The van der Waals surface area contributed by atoms with Crippen LogP contribution in [0.3, 0.4) is 0 Å². The van der Waals surface area contributed by atoms with E-state index < -0.39 is 18.1 Å². The van der Waals surface area contributed by atoms with E-state index in [-0.39, 0.29) is 35.2 Å². The van der Waals surface area contributed by atoms with Gasteiger partial charge < -0.3 is 10.0 Å². The maximum absolute atomic E-state index is 14.7. The molecule has 4 rings (SSSR count). The van der Waals surface area contributed by atoms with E-state index in [0.29, 0.717) is 44.7 Å². The van der Waals surface area contributed by atoms with Crippen molar-refractivity contribution in [2.24, 2.45) is 5.92 Å². The highest BCUT2D eigenvalue weighted by Gasteiger charge is 2.41. The van der Waals surface area contributed by atoms with Crippen molar-refractivity contribution >= 4 is 30.3 Å². The molecule has 2 heterocycles. The van der Waals surface area contributed by atoms with E-state index in [1.165, 1.54) is 6.07 Å². The molecule has 0 bridgehead atoms. The Bertz CT molecular complexity index is 999. The van der Waals surface area contributed by atoms with Gasteiger partial charge in [0, 0.05) is 49.5 Å². The third-order valence-corrected chi connectivity index (χ3v) is 7.94. The number of aliphatic carboxylic acids is 1. The summed E-state index contributed by atoms with van der Waals surface area (Å²) < 4.78 is 14.7. The molecule has 1 aromatic carbocycles. The first-order valence-corrected chi connectivity index (χ1v) is 13.0. The number of nitrogens with zero attached hydrogens (tertiary/aromatic N) is 3. The normalized spacial score (nSPS) is 25.0. The summed E-state index contributed by atoms with van der Waals surface area (Å²) in [4.78, 5) is 42.9. The lowest BCUT2D eigenvalue weighted by Gasteiger charge is -2.39. The predicted molar refractivity (Wildman–Crippen MR) is 134 cm³/mol. The summed E-state index contributed by atoms with van der Waals surface area (Å²) in [7, 11) is 0. The number of rotatable bonds is 9. The van der Waals surface area contributed by atoms with E-state index in [9.17, 15) is 23.9 Å². The standard InChI is InChI=1S/C26H34FN3O4S/c1-2-21(26(33)34)29-14-13-28(23(31)16-29)11-9-18-15-30(12-10-22(18)35)24(25(32)17-7-8-17)19-5-3-4-6-20(19)27/h3-6,9,17,21-22,24,35H,2,7-8,10-16H2,1H3,(H,33,34). The zero-order chi connectivity index (χ0) is 25.1. The van der Waals surface area contributed by atoms with Gasteiger partial charge in [-0.1, -0.05) is 31.2 Å². The molecule has 2 saturated heterocycles. The fraction of sp³-hybridized carbons (Fsp3) is 0.577. The van der Waals surface area contributed by atoms with Crippen molar-refractivity contribution in [1.29, 1.82) is 0 Å². The fourth-order valence-corrected chi connectivity index (χ4v) is 5.44. The molecule has 0 radical (unpaired) electrons. The van der Waals surface area contributed by atoms with Crippen LogP contribution in [-0.2, 0) is 14.4 Å². The van der Waals surface area contributed by atoms with Crippen molar-refractivity contribution in [3.63, 3.8) is 0 Å². The number of halogens is 1. The van der Waals surface area contributed by atoms with Gasteiger partial charge in [-0.15, -0.1) is 0 Å². The number of piperazine rings is 1. The molecular weight excluding hydrogens is 469 g/mol. The molecule has 1 N–H and O–H groups in total. The summed E-state index contributed by atoms with van der Waals surface area (Å²) in [5.74, 6) is -1.26. The molecule has 2 aliphatic heterocycles. The minimum atomic E-state index is -0.902. The quantitative estimate of drug-likeness (QED) is 0.399. The molecule has 0 aromatic heterocycles. The van der Waals surface area contributed by atoms with Gasteiger partial charge in [0.1, 0.15) is 11.9 Å². The van der Waals surface area contributed by atoms with E-state index in [4.69, 9.17) is 12.6 Å². The van der Waals surface area contributed by atoms with Crippen molar-refractivity contribution < 1.29 is 23.9 Å². The van der Waals surface area contributed by atoms with Crippen LogP contribution in [-0.4, -0.2) is 88.0 Å². The first-order chi connectivity index (χ1) is 16.8. The van der Waals surface area contributed by atoms with Gasteiger partial charge in [-0.05, 0) is 37.3 Å². The van der Waals surface area contributed by atoms with Gasteiger partial charge in [-0.2, -0.15) is 12.6 Å². The summed E-state index contributed by atoms with van der Waals surface area (Å²) >= 11 is 4.74. The van der Waals surface area contributed by atoms with E-state index in [2.05, 4.69) is 4.90 Å². The Morgan fingerprint density at radius 3 is 2.51 bits per heavy atom. The van der Waals surface area contributed by atoms with Crippen molar-refractivity contribution in [2.75, 3.05) is 39.3 Å². The second kappa shape index (κ2) is 11.2. The lowest BCUT2D eigenvalue weighted by Crippen LogP contribution is -2.55. The van der Waals surface area contributed by atoms with Crippen molar-refractivity contribution in [2.45, 2.75) is 49.9 Å². The molecule has 1 amide bonds. The molecule has 9 heteroatoms. The topological polar surface area (TPSA) is 81.2 Å². The van der Waals surface area contributed by atoms with Crippen LogP contribution >= 0.6 is 12.6 Å². The Labute approximate surface area is 211 Å². The fourth-order valence-electron chi connectivity index (χ4n) is 5.13. The van der Waals surface area contributed by atoms with E-state index in [1.807, 2.05) is 13.0 Å². The largest absolute Gasteiger partial charge is 0.480 e. The molecule has 3 fully saturated rings. The van der Waals surface area contributed by atoms with Crippen molar-refractivity contribution in [1.82, 2.24) is 14.7 Å². The Balaban J connectivity index is 1.45.